The quantitative estimate of drug-likeness (QED) is 0.886. The van der Waals surface area contributed by atoms with Gasteiger partial charge in [-0.15, -0.1) is 12.4 Å². The molecule has 1 saturated heterocycles. The van der Waals surface area contributed by atoms with E-state index in [2.05, 4.69) is 15.7 Å². The number of nitrogens with one attached hydrogen (secondary N) is 2. The van der Waals surface area contributed by atoms with Gasteiger partial charge in [-0.1, -0.05) is 12.1 Å². The molecule has 5 nitrogen and oxygen atoms in total. The van der Waals surface area contributed by atoms with E-state index in [1.807, 2.05) is 41.2 Å². The fourth-order valence-electron chi connectivity index (χ4n) is 2.62. The summed E-state index contributed by atoms with van der Waals surface area (Å²) in [6, 6.07) is 10.3. The van der Waals surface area contributed by atoms with E-state index >= 15 is 0 Å². The summed E-state index contributed by atoms with van der Waals surface area (Å²) in [5.41, 5.74) is 2.11. The first-order chi connectivity index (χ1) is 10.3. The summed E-state index contributed by atoms with van der Waals surface area (Å²) < 4.78 is 1.81. The Balaban J connectivity index is 0.00000176. The zero-order chi connectivity index (χ0) is 14.5. The van der Waals surface area contributed by atoms with Crippen molar-refractivity contribution in [3.05, 3.63) is 48.3 Å². The van der Waals surface area contributed by atoms with Gasteiger partial charge in [0.25, 0.3) is 0 Å². The first-order valence-corrected chi connectivity index (χ1v) is 7.40. The molecule has 1 aromatic heterocycles. The molecule has 0 aliphatic carbocycles. The molecule has 1 aliphatic heterocycles. The van der Waals surface area contributed by atoms with E-state index < -0.39 is 0 Å². The zero-order valence-electron chi connectivity index (χ0n) is 12.4. The molecule has 1 fully saturated rings. The number of halogens is 1. The van der Waals surface area contributed by atoms with Crippen molar-refractivity contribution in [1.29, 1.82) is 0 Å². The lowest BCUT2D eigenvalue weighted by molar-refractivity contribution is -0.121. The minimum absolute atomic E-state index is 0. The van der Waals surface area contributed by atoms with Gasteiger partial charge >= 0.3 is 0 Å². The molecule has 6 heteroatoms. The second kappa shape index (κ2) is 7.96. The maximum absolute atomic E-state index is 11.9. The Labute approximate surface area is 136 Å². The average Bonchev–Trinajstić information content (AvgIpc) is 3.19. The number of nitrogens with zero attached hydrogens (tertiary/aromatic N) is 2. The highest BCUT2D eigenvalue weighted by atomic mass is 35.5. The summed E-state index contributed by atoms with van der Waals surface area (Å²) in [5, 5.41) is 10.5. The van der Waals surface area contributed by atoms with Crippen molar-refractivity contribution in [2.45, 2.75) is 31.8 Å². The first kappa shape index (κ1) is 16.5. The lowest BCUT2D eigenvalue weighted by Gasteiger charge is -2.10. The molecule has 3 rings (SSSR count). The second-order valence-corrected chi connectivity index (χ2v) is 5.39. The third-order valence-corrected chi connectivity index (χ3v) is 3.79. The summed E-state index contributed by atoms with van der Waals surface area (Å²) in [5.74, 6) is 0.116. The van der Waals surface area contributed by atoms with Crippen LogP contribution in [0, 0.1) is 0 Å². The van der Waals surface area contributed by atoms with Gasteiger partial charge in [-0.2, -0.15) is 5.10 Å². The zero-order valence-corrected chi connectivity index (χ0v) is 13.2. The molecule has 1 amide bonds. The number of hydrogen-bond donors (Lipinski definition) is 2. The number of hydrogen-bond acceptors (Lipinski definition) is 3. The topological polar surface area (TPSA) is 59.0 Å². The molecule has 118 valence electrons. The smallest absolute Gasteiger partial charge is 0.221 e. The Hall–Kier alpha value is -1.85. The van der Waals surface area contributed by atoms with Crippen molar-refractivity contribution in [2.24, 2.45) is 0 Å². The maximum atomic E-state index is 11.9. The van der Waals surface area contributed by atoms with Crippen molar-refractivity contribution >= 4 is 18.3 Å². The predicted molar refractivity (Wildman–Crippen MR) is 88.3 cm³/mol. The molecule has 2 aromatic rings. The van der Waals surface area contributed by atoms with E-state index in [0.717, 1.165) is 24.2 Å². The Morgan fingerprint density at radius 1 is 1.36 bits per heavy atom. The molecular weight excluding hydrogens is 300 g/mol. The van der Waals surface area contributed by atoms with Gasteiger partial charge in [0.05, 0.1) is 5.69 Å². The largest absolute Gasteiger partial charge is 0.352 e. The van der Waals surface area contributed by atoms with Gasteiger partial charge in [-0.25, -0.2) is 4.68 Å². The van der Waals surface area contributed by atoms with E-state index in [9.17, 15) is 4.79 Å². The first-order valence-electron chi connectivity index (χ1n) is 7.40. The van der Waals surface area contributed by atoms with Crippen LogP contribution in [-0.2, 0) is 11.3 Å². The monoisotopic (exact) mass is 320 g/mol. The van der Waals surface area contributed by atoms with Crippen LogP contribution in [0.1, 0.15) is 24.8 Å². The Kier molecular flexibility index (Phi) is 5.98. The number of benzene rings is 1. The van der Waals surface area contributed by atoms with Crippen LogP contribution in [0.2, 0.25) is 0 Å². The predicted octanol–water partition coefficient (Wildman–Crippen LogP) is 2.05. The van der Waals surface area contributed by atoms with E-state index in [-0.39, 0.29) is 18.3 Å². The van der Waals surface area contributed by atoms with Crippen molar-refractivity contribution in [2.75, 3.05) is 6.54 Å². The highest BCUT2D eigenvalue weighted by molar-refractivity contribution is 5.85. The minimum atomic E-state index is 0. The van der Waals surface area contributed by atoms with Crippen molar-refractivity contribution in [3.8, 4) is 5.69 Å². The number of carbonyl (C=O) groups excluding carboxylic acids is 1. The number of carbonyl (C=O) groups is 1. The van der Waals surface area contributed by atoms with Crippen LogP contribution in [0.15, 0.2) is 42.7 Å². The summed E-state index contributed by atoms with van der Waals surface area (Å²) >= 11 is 0. The molecule has 0 bridgehead atoms. The number of rotatable bonds is 5. The fourth-order valence-corrected chi connectivity index (χ4v) is 2.62. The van der Waals surface area contributed by atoms with Crippen LogP contribution in [0.5, 0.6) is 0 Å². The standard InChI is InChI=1S/C16H20N4O.ClH/c21-16(11-14-3-1-8-17-14)18-12-13-4-6-15(7-5-13)20-10-2-9-19-20;/h2,4-7,9-10,14,17H,1,3,8,11-12H2,(H,18,21);1H. The summed E-state index contributed by atoms with van der Waals surface area (Å²) in [7, 11) is 0. The molecule has 0 radical (unpaired) electrons. The Morgan fingerprint density at radius 2 is 2.18 bits per heavy atom. The molecule has 1 aromatic carbocycles. The van der Waals surface area contributed by atoms with E-state index in [1.165, 1.54) is 6.42 Å². The lowest BCUT2D eigenvalue weighted by Crippen LogP contribution is -2.31. The van der Waals surface area contributed by atoms with Crippen molar-refractivity contribution < 1.29 is 4.79 Å². The van der Waals surface area contributed by atoms with Gasteiger partial charge in [0.15, 0.2) is 0 Å². The molecule has 1 atom stereocenters. The van der Waals surface area contributed by atoms with Gasteiger partial charge < -0.3 is 10.6 Å². The van der Waals surface area contributed by atoms with Crippen LogP contribution < -0.4 is 10.6 Å². The van der Waals surface area contributed by atoms with Crippen LogP contribution >= 0.6 is 12.4 Å². The third-order valence-electron chi connectivity index (χ3n) is 3.79. The molecule has 0 spiro atoms. The van der Waals surface area contributed by atoms with Crippen LogP contribution in [0.25, 0.3) is 5.69 Å². The second-order valence-electron chi connectivity index (χ2n) is 5.39. The summed E-state index contributed by atoms with van der Waals surface area (Å²) in [6.07, 6.45) is 6.51. The van der Waals surface area contributed by atoms with Crippen LogP contribution in [-0.4, -0.2) is 28.3 Å². The van der Waals surface area contributed by atoms with Gasteiger partial charge in [0.1, 0.15) is 0 Å². The normalized spacial score (nSPS) is 17.0. The van der Waals surface area contributed by atoms with Gasteiger partial charge in [-0.3, -0.25) is 4.79 Å². The van der Waals surface area contributed by atoms with Crippen LogP contribution in [0.3, 0.4) is 0 Å². The van der Waals surface area contributed by atoms with E-state index in [4.69, 9.17) is 0 Å². The molecule has 2 heterocycles. The Morgan fingerprint density at radius 3 is 2.82 bits per heavy atom. The summed E-state index contributed by atoms with van der Waals surface area (Å²) in [6.45, 7) is 1.61. The number of aromatic nitrogens is 2. The highest BCUT2D eigenvalue weighted by Crippen LogP contribution is 2.10. The summed E-state index contributed by atoms with van der Waals surface area (Å²) in [4.78, 5) is 11.9. The van der Waals surface area contributed by atoms with E-state index in [1.54, 1.807) is 6.20 Å². The molecule has 22 heavy (non-hydrogen) atoms. The molecule has 1 aliphatic rings. The van der Waals surface area contributed by atoms with Crippen molar-refractivity contribution in [3.63, 3.8) is 0 Å². The van der Waals surface area contributed by atoms with Crippen LogP contribution in [0.4, 0.5) is 0 Å². The molecular formula is C16H21ClN4O. The van der Waals surface area contributed by atoms with Crippen molar-refractivity contribution in [1.82, 2.24) is 20.4 Å². The van der Waals surface area contributed by atoms with Gasteiger partial charge in [-0.05, 0) is 43.1 Å². The maximum Gasteiger partial charge on any atom is 0.221 e. The third kappa shape index (κ3) is 4.32. The molecule has 0 saturated carbocycles. The molecule has 2 N–H and O–H groups in total. The van der Waals surface area contributed by atoms with Gasteiger partial charge in [0.2, 0.25) is 5.91 Å². The van der Waals surface area contributed by atoms with Gasteiger partial charge in [0, 0.05) is 31.4 Å². The fraction of sp³-hybridized carbons (Fsp3) is 0.375. The molecule has 1 unspecified atom stereocenters. The number of amides is 1. The average molecular weight is 321 g/mol. The van der Waals surface area contributed by atoms with E-state index in [0.29, 0.717) is 19.0 Å². The Bertz CT molecular complexity index is 577. The highest BCUT2D eigenvalue weighted by Gasteiger charge is 2.17. The lowest BCUT2D eigenvalue weighted by atomic mass is 10.1. The minimum Gasteiger partial charge on any atom is -0.352 e. The SMILES string of the molecule is Cl.O=C(CC1CCCN1)NCc1ccc(-n2cccn2)cc1.